The van der Waals surface area contributed by atoms with Gasteiger partial charge in [-0.1, -0.05) is 25.0 Å². The van der Waals surface area contributed by atoms with Gasteiger partial charge in [0.1, 0.15) is 5.82 Å². The summed E-state index contributed by atoms with van der Waals surface area (Å²) in [7, 11) is 0. The van der Waals surface area contributed by atoms with Crippen molar-refractivity contribution in [3.8, 4) is 0 Å². The number of hydroxylamine groups is 1. The van der Waals surface area contributed by atoms with Gasteiger partial charge in [-0.3, -0.25) is 0 Å². The van der Waals surface area contributed by atoms with Gasteiger partial charge in [-0.2, -0.15) is 0 Å². The number of hydrogen-bond acceptors (Lipinski definition) is 2. The van der Waals surface area contributed by atoms with E-state index in [-0.39, 0.29) is 5.82 Å². The first kappa shape index (κ1) is 12.1. The van der Waals surface area contributed by atoms with E-state index in [9.17, 15) is 4.39 Å². The van der Waals surface area contributed by atoms with E-state index in [1.807, 2.05) is 12.1 Å². The first-order valence-electron chi connectivity index (χ1n) is 5.44. The van der Waals surface area contributed by atoms with Gasteiger partial charge >= 0.3 is 0 Å². The average Bonchev–Trinajstić information content (AvgIpc) is 2.26. The van der Waals surface area contributed by atoms with E-state index >= 15 is 0 Å². The quantitative estimate of drug-likeness (QED) is 0.537. The van der Waals surface area contributed by atoms with Crippen molar-refractivity contribution in [2.45, 2.75) is 32.1 Å². The summed E-state index contributed by atoms with van der Waals surface area (Å²) < 4.78 is 12.6. The number of aryl methyl sites for hydroxylation is 1. The van der Waals surface area contributed by atoms with Gasteiger partial charge in [-0.05, 0) is 37.0 Å². The lowest BCUT2D eigenvalue weighted by Gasteiger charge is -2.01. The van der Waals surface area contributed by atoms with Crippen molar-refractivity contribution >= 4 is 0 Å². The standard InChI is InChI=1S/C12H18FNO/c13-12-8-6-11(7-9-12)5-3-1-2-4-10-14-15/h6-9,14-15H,1-5,10H2. The molecule has 1 aromatic rings. The van der Waals surface area contributed by atoms with Crippen LogP contribution in [0.4, 0.5) is 4.39 Å². The smallest absolute Gasteiger partial charge is 0.123 e. The largest absolute Gasteiger partial charge is 0.317 e. The summed E-state index contributed by atoms with van der Waals surface area (Å²) in [6.07, 6.45) is 5.40. The maximum absolute atomic E-state index is 12.6. The normalized spacial score (nSPS) is 10.5. The molecular weight excluding hydrogens is 193 g/mol. The van der Waals surface area contributed by atoms with Gasteiger partial charge in [0.25, 0.3) is 0 Å². The minimum atomic E-state index is -0.173. The number of unbranched alkanes of at least 4 members (excludes halogenated alkanes) is 3. The van der Waals surface area contributed by atoms with E-state index in [1.165, 1.54) is 17.7 Å². The van der Waals surface area contributed by atoms with Crippen LogP contribution in [0.2, 0.25) is 0 Å². The second kappa shape index (κ2) is 7.37. The Kier molecular flexibility index (Phi) is 5.97. The molecule has 0 unspecified atom stereocenters. The van der Waals surface area contributed by atoms with Crippen LogP contribution in [0.3, 0.4) is 0 Å². The zero-order valence-electron chi connectivity index (χ0n) is 8.88. The molecule has 2 N–H and O–H groups in total. The van der Waals surface area contributed by atoms with Crippen molar-refractivity contribution < 1.29 is 9.60 Å². The summed E-state index contributed by atoms with van der Waals surface area (Å²) in [5, 5.41) is 8.34. The van der Waals surface area contributed by atoms with E-state index in [0.717, 1.165) is 32.1 Å². The van der Waals surface area contributed by atoms with Gasteiger partial charge in [0.2, 0.25) is 0 Å². The van der Waals surface area contributed by atoms with Crippen LogP contribution in [-0.2, 0) is 6.42 Å². The molecule has 1 aromatic carbocycles. The molecule has 2 nitrogen and oxygen atoms in total. The molecule has 0 aromatic heterocycles. The fourth-order valence-corrected chi connectivity index (χ4v) is 1.54. The summed E-state index contributed by atoms with van der Waals surface area (Å²) in [5.41, 5.74) is 3.33. The third-order valence-electron chi connectivity index (χ3n) is 2.42. The molecule has 0 saturated carbocycles. The van der Waals surface area contributed by atoms with Gasteiger partial charge < -0.3 is 5.21 Å². The highest BCUT2D eigenvalue weighted by molar-refractivity contribution is 5.15. The van der Waals surface area contributed by atoms with Crippen LogP contribution in [0.15, 0.2) is 24.3 Å². The molecule has 0 aliphatic heterocycles. The summed E-state index contributed by atoms with van der Waals surface area (Å²) in [6.45, 7) is 0.663. The Bertz CT molecular complexity index is 261. The number of nitrogens with one attached hydrogen (secondary N) is 1. The van der Waals surface area contributed by atoms with Gasteiger partial charge in [-0.25, -0.2) is 9.87 Å². The molecule has 0 aliphatic carbocycles. The molecule has 0 heterocycles. The van der Waals surface area contributed by atoms with Crippen LogP contribution in [0.25, 0.3) is 0 Å². The second-order valence-electron chi connectivity index (χ2n) is 3.70. The van der Waals surface area contributed by atoms with Crippen LogP contribution < -0.4 is 5.48 Å². The second-order valence-corrected chi connectivity index (χ2v) is 3.70. The van der Waals surface area contributed by atoms with Crippen molar-refractivity contribution in [3.63, 3.8) is 0 Å². The Morgan fingerprint density at radius 2 is 1.67 bits per heavy atom. The van der Waals surface area contributed by atoms with Crippen molar-refractivity contribution in [2.24, 2.45) is 0 Å². The molecule has 0 amide bonds. The lowest BCUT2D eigenvalue weighted by molar-refractivity contribution is 0.164. The minimum absolute atomic E-state index is 0.173. The highest BCUT2D eigenvalue weighted by Gasteiger charge is 1.94. The van der Waals surface area contributed by atoms with Gasteiger partial charge in [0, 0.05) is 6.54 Å². The molecule has 3 heteroatoms. The highest BCUT2D eigenvalue weighted by atomic mass is 19.1. The monoisotopic (exact) mass is 211 g/mol. The molecule has 1 rings (SSSR count). The summed E-state index contributed by atoms with van der Waals surface area (Å²) in [5.74, 6) is -0.173. The molecule has 0 atom stereocenters. The van der Waals surface area contributed by atoms with Crippen LogP contribution in [0.1, 0.15) is 31.2 Å². The van der Waals surface area contributed by atoms with E-state index in [2.05, 4.69) is 5.48 Å². The zero-order valence-corrected chi connectivity index (χ0v) is 8.88. The Morgan fingerprint density at radius 1 is 1.00 bits per heavy atom. The molecule has 84 valence electrons. The van der Waals surface area contributed by atoms with Crippen molar-refractivity contribution in [1.82, 2.24) is 5.48 Å². The third-order valence-corrected chi connectivity index (χ3v) is 2.42. The Hall–Kier alpha value is -0.930. The van der Waals surface area contributed by atoms with E-state index < -0.39 is 0 Å². The first-order chi connectivity index (χ1) is 7.33. The van der Waals surface area contributed by atoms with Crippen molar-refractivity contribution in [2.75, 3.05) is 6.54 Å². The minimum Gasteiger partial charge on any atom is -0.317 e. The van der Waals surface area contributed by atoms with Crippen LogP contribution in [0, 0.1) is 5.82 Å². The van der Waals surface area contributed by atoms with E-state index in [4.69, 9.17) is 5.21 Å². The maximum Gasteiger partial charge on any atom is 0.123 e. The fourth-order valence-electron chi connectivity index (χ4n) is 1.54. The number of rotatable bonds is 7. The average molecular weight is 211 g/mol. The zero-order chi connectivity index (χ0) is 10.9. The van der Waals surface area contributed by atoms with E-state index in [1.54, 1.807) is 0 Å². The van der Waals surface area contributed by atoms with Gasteiger partial charge in [0.05, 0.1) is 0 Å². The SMILES string of the molecule is ONCCCCCCc1ccc(F)cc1. The molecule has 15 heavy (non-hydrogen) atoms. The van der Waals surface area contributed by atoms with Crippen LogP contribution in [-0.4, -0.2) is 11.8 Å². The van der Waals surface area contributed by atoms with Crippen LogP contribution >= 0.6 is 0 Å². The molecule has 0 fully saturated rings. The summed E-state index contributed by atoms with van der Waals surface area (Å²) in [4.78, 5) is 0. The fraction of sp³-hybridized carbons (Fsp3) is 0.500. The summed E-state index contributed by atoms with van der Waals surface area (Å²) in [6, 6.07) is 6.69. The van der Waals surface area contributed by atoms with Crippen LogP contribution in [0.5, 0.6) is 0 Å². The lowest BCUT2D eigenvalue weighted by Crippen LogP contribution is -2.07. The van der Waals surface area contributed by atoms with Crippen molar-refractivity contribution in [1.29, 1.82) is 0 Å². The molecule has 0 radical (unpaired) electrons. The number of benzene rings is 1. The predicted molar refractivity (Wildman–Crippen MR) is 58.4 cm³/mol. The molecule has 0 saturated heterocycles. The topological polar surface area (TPSA) is 32.3 Å². The number of hydrogen-bond donors (Lipinski definition) is 2. The Morgan fingerprint density at radius 3 is 2.33 bits per heavy atom. The molecule has 0 spiro atoms. The predicted octanol–water partition coefficient (Wildman–Crippen LogP) is 2.91. The molecule has 0 aliphatic rings. The maximum atomic E-state index is 12.6. The van der Waals surface area contributed by atoms with Gasteiger partial charge in [-0.15, -0.1) is 0 Å². The third kappa shape index (κ3) is 5.50. The highest BCUT2D eigenvalue weighted by Crippen LogP contribution is 2.08. The first-order valence-corrected chi connectivity index (χ1v) is 5.44. The molecule has 0 bridgehead atoms. The van der Waals surface area contributed by atoms with Crippen molar-refractivity contribution in [3.05, 3.63) is 35.6 Å². The van der Waals surface area contributed by atoms with Gasteiger partial charge in [0.15, 0.2) is 0 Å². The number of halogens is 1. The Labute approximate surface area is 90.1 Å². The Balaban J connectivity index is 2.07. The molecular formula is C12H18FNO. The van der Waals surface area contributed by atoms with E-state index in [0.29, 0.717) is 6.54 Å². The lowest BCUT2D eigenvalue weighted by atomic mass is 10.1. The summed E-state index contributed by atoms with van der Waals surface area (Å²) >= 11 is 0.